The lowest BCUT2D eigenvalue weighted by Crippen LogP contribution is -2.36. The van der Waals surface area contributed by atoms with Gasteiger partial charge in [0.25, 0.3) is 0 Å². The largest absolute Gasteiger partial charge is 0.434 e. The van der Waals surface area contributed by atoms with Crippen molar-refractivity contribution in [2.24, 2.45) is 5.92 Å². The Kier molecular flexibility index (Phi) is 4.57. The first-order chi connectivity index (χ1) is 12.5. The number of aromatic nitrogens is 2. The number of ketones is 3. The molecular formula is C18H14F4N2O3. The van der Waals surface area contributed by atoms with Crippen molar-refractivity contribution in [1.29, 1.82) is 0 Å². The first-order valence-corrected chi connectivity index (χ1v) is 8.16. The molecule has 142 valence electrons. The molecule has 0 unspecified atom stereocenters. The van der Waals surface area contributed by atoms with Gasteiger partial charge < -0.3 is 0 Å². The van der Waals surface area contributed by atoms with Crippen molar-refractivity contribution in [2.75, 3.05) is 0 Å². The summed E-state index contributed by atoms with van der Waals surface area (Å²) >= 11 is 0. The molecule has 3 rings (SSSR count). The van der Waals surface area contributed by atoms with Crippen molar-refractivity contribution in [3.63, 3.8) is 0 Å². The molecular weight excluding hydrogens is 368 g/mol. The van der Waals surface area contributed by atoms with Crippen LogP contribution in [0.3, 0.4) is 0 Å². The highest BCUT2D eigenvalue weighted by molar-refractivity contribution is 6.25. The number of hydrogen-bond acceptors (Lipinski definition) is 5. The van der Waals surface area contributed by atoms with E-state index in [4.69, 9.17) is 0 Å². The minimum absolute atomic E-state index is 0.0194. The normalized spacial score (nSPS) is 16.2. The van der Waals surface area contributed by atoms with Crippen LogP contribution in [-0.2, 0) is 15.8 Å². The number of aryl methyl sites for hydroxylation is 2. The predicted octanol–water partition coefficient (Wildman–Crippen LogP) is 3.53. The molecule has 0 aromatic carbocycles. The fraction of sp³-hybridized carbons (Fsp3) is 0.389. The molecule has 1 saturated carbocycles. The predicted molar refractivity (Wildman–Crippen MR) is 85.7 cm³/mol. The molecule has 5 nitrogen and oxygen atoms in total. The quantitative estimate of drug-likeness (QED) is 0.451. The van der Waals surface area contributed by atoms with Gasteiger partial charge in [-0.25, -0.2) is 14.4 Å². The summed E-state index contributed by atoms with van der Waals surface area (Å²) in [5.41, 5.74) is -2.97. The Bertz CT molecular complexity index is 982. The van der Waals surface area contributed by atoms with Crippen molar-refractivity contribution in [3.05, 3.63) is 34.4 Å². The molecule has 2 heterocycles. The van der Waals surface area contributed by atoms with Crippen LogP contribution in [0, 0.1) is 25.6 Å². The van der Waals surface area contributed by atoms with E-state index >= 15 is 0 Å². The molecule has 0 atom stereocenters. The molecule has 0 N–H and O–H groups in total. The first kappa shape index (κ1) is 19.1. The number of hydrogen-bond donors (Lipinski definition) is 0. The van der Waals surface area contributed by atoms with Gasteiger partial charge in [0.15, 0.2) is 28.7 Å². The monoisotopic (exact) mass is 382 g/mol. The van der Waals surface area contributed by atoms with Crippen LogP contribution in [0.4, 0.5) is 17.6 Å². The van der Waals surface area contributed by atoms with Crippen molar-refractivity contribution in [3.8, 4) is 0 Å². The highest BCUT2D eigenvalue weighted by atomic mass is 19.4. The fourth-order valence-corrected chi connectivity index (χ4v) is 3.22. The maximum atomic E-state index is 14.1. The second-order valence-corrected chi connectivity index (χ2v) is 6.47. The van der Waals surface area contributed by atoms with Gasteiger partial charge in [0, 0.05) is 18.2 Å². The molecule has 9 heteroatoms. The number of rotatable bonds is 2. The zero-order chi connectivity index (χ0) is 20.1. The molecule has 0 aliphatic heterocycles. The van der Waals surface area contributed by atoms with E-state index in [1.165, 1.54) is 13.8 Å². The van der Waals surface area contributed by atoms with Gasteiger partial charge in [0.1, 0.15) is 11.7 Å². The fourth-order valence-electron chi connectivity index (χ4n) is 3.22. The third kappa shape index (κ3) is 3.22. The molecule has 1 aliphatic carbocycles. The van der Waals surface area contributed by atoms with Gasteiger partial charge in [-0.05, 0) is 31.9 Å². The number of pyridine rings is 2. The van der Waals surface area contributed by atoms with Gasteiger partial charge in [-0.15, -0.1) is 0 Å². The number of fused-ring (bicyclic) bond motifs is 1. The molecule has 0 bridgehead atoms. The van der Waals surface area contributed by atoms with E-state index in [9.17, 15) is 31.9 Å². The standard InChI is InChI=1S/C18H14F4N2O3/c1-7-9-6-10(15(27)13-11(25)4-3-5-12(13)26)16(18(20,21)22)24-17(9)23-8(2)14(7)19/h6,13H,3-5H2,1-2H3. The summed E-state index contributed by atoms with van der Waals surface area (Å²) in [5, 5.41) is -0.0786. The van der Waals surface area contributed by atoms with E-state index in [-0.39, 0.29) is 41.6 Å². The molecule has 2 aromatic heterocycles. The van der Waals surface area contributed by atoms with Gasteiger partial charge in [-0.2, -0.15) is 13.2 Å². The van der Waals surface area contributed by atoms with E-state index in [0.717, 1.165) is 6.07 Å². The zero-order valence-electron chi connectivity index (χ0n) is 14.4. The second kappa shape index (κ2) is 6.47. The van der Waals surface area contributed by atoms with Gasteiger partial charge in [0.2, 0.25) is 0 Å². The summed E-state index contributed by atoms with van der Waals surface area (Å²) in [5.74, 6) is -5.19. The average Bonchev–Trinajstić information content (AvgIpc) is 2.58. The second-order valence-electron chi connectivity index (χ2n) is 6.47. The molecule has 0 amide bonds. The highest BCUT2D eigenvalue weighted by Gasteiger charge is 2.43. The Labute approximate surface area is 150 Å². The van der Waals surface area contributed by atoms with Gasteiger partial charge in [-0.3, -0.25) is 14.4 Å². The van der Waals surface area contributed by atoms with Gasteiger partial charge in [-0.1, -0.05) is 0 Å². The minimum atomic E-state index is -5.02. The summed E-state index contributed by atoms with van der Waals surface area (Å²) in [7, 11) is 0. The summed E-state index contributed by atoms with van der Waals surface area (Å²) in [6, 6.07) is 0.827. The van der Waals surface area contributed by atoms with E-state index < -0.39 is 46.5 Å². The maximum Gasteiger partial charge on any atom is 0.434 e. The molecule has 27 heavy (non-hydrogen) atoms. The topological polar surface area (TPSA) is 77.0 Å². The molecule has 0 spiro atoms. The van der Waals surface area contributed by atoms with Crippen LogP contribution in [0.5, 0.6) is 0 Å². The Morgan fingerprint density at radius 2 is 1.70 bits per heavy atom. The molecule has 1 fully saturated rings. The van der Waals surface area contributed by atoms with Crippen LogP contribution in [0.15, 0.2) is 6.07 Å². The zero-order valence-corrected chi connectivity index (χ0v) is 14.4. The summed E-state index contributed by atoms with van der Waals surface area (Å²) in [6.45, 7) is 2.61. The van der Waals surface area contributed by atoms with Crippen LogP contribution in [0.1, 0.15) is 46.6 Å². The van der Waals surface area contributed by atoms with Gasteiger partial charge >= 0.3 is 6.18 Å². The smallest absolute Gasteiger partial charge is 0.298 e. The molecule has 0 radical (unpaired) electrons. The number of nitrogens with zero attached hydrogens (tertiary/aromatic N) is 2. The van der Waals surface area contributed by atoms with Crippen molar-refractivity contribution >= 4 is 28.4 Å². The van der Waals surface area contributed by atoms with Crippen molar-refractivity contribution < 1.29 is 31.9 Å². The lowest BCUT2D eigenvalue weighted by molar-refractivity contribution is -0.142. The Morgan fingerprint density at radius 1 is 1.11 bits per heavy atom. The van der Waals surface area contributed by atoms with Crippen molar-refractivity contribution in [2.45, 2.75) is 39.3 Å². The Hall–Kier alpha value is -2.71. The first-order valence-electron chi connectivity index (χ1n) is 8.16. The van der Waals surface area contributed by atoms with Crippen LogP contribution < -0.4 is 0 Å². The van der Waals surface area contributed by atoms with E-state index in [0.29, 0.717) is 0 Å². The maximum absolute atomic E-state index is 14.1. The summed E-state index contributed by atoms with van der Waals surface area (Å²) < 4.78 is 54.6. The summed E-state index contributed by atoms with van der Waals surface area (Å²) in [4.78, 5) is 43.8. The Balaban J connectivity index is 2.28. The van der Waals surface area contributed by atoms with E-state index in [1.807, 2.05) is 0 Å². The number of carbonyl (C=O) groups is 3. The Morgan fingerprint density at radius 3 is 2.26 bits per heavy atom. The average molecular weight is 382 g/mol. The molecule has 0 saturated heterocycles. The minimum Gasteiger partial charge on any atom is -0.298 e. The third-order valence-electron chi connectivity index (χ3n) is 4.61. The number of halogens is 4. The third-order valence-corrected chi connectivity index (χ3v) is 4.61. The number of carbonyl (C=O) groups excluding carboxylic acids is 3. The molecule has 2 aromatic rings. The summed E-state index contributed by atoms with van der Waals surface area (Å²) in [6.07, 6.45) is -4.87. The number of Topliss-reactive ketones (excluding diaryl/α,β-unsaturated/α-hetero) is 3. The highest BCUT2D eigenvalue weighted by Crippen LogP contribution is 2.35. The van der Waals surface area contributed by atoms with Crippen LogP contribution in [0.25, 0.3) is 11.0 Å². The van der Waals surface area contributed by atoms with Crippen molar-refractivity contribution in [1.82, 2.24) is 9.97 Å². The van der Waals surface area contributed by atoms with E-state index in [2.05, 4.69) is 9.97 Å². The van der Waals surface area contributed by atoms with Crippen LogP contribution in [-0.4, -0.2) is 27.3 Å². The SMILES string of the molecule is Cc1nc2nc(C(F)(F)F)c(C(=O)C3C(=O)CCCC3=O)cc2c(C)c1F. The number of alkyl halides is 3. The lowest BCUT2D eigenvalue weighted by atomic mass is 9.81. The lowest BCUT2D eigenvalue weighted by Gasteiger charge is -2.20. The van der Waals surface area contributed by atoms with Crippen LogP contribution in [0.2, 0.25) is 0 Å². The van der Waals surface area contributed by atoms with Crippen LogP contribution >= 0.6 is 0 Å². The van der Waals surface area contributed by atoms with E-state index in [1.54, 1.807) is 0 Å². The molecule has 1 aliphatic rings. The van der Waals surface area contributed by atoms with Gasteiger partial charge in [0.05, 0.1) is 11.3 Å².